The number of urea groups is 1. The molecule has 5 heteroatoms. The Morgan fingerprint density at radius 1 is 1.21 bits per heavy atom. The summed E-state index contributed by atoms with van der Waals surface area (Å²) in [5, 5.41) is 19.6. The lowest BCUT2D eigenvalue weighted by molar-refractivity contribution is 0.146. The lowest BCUT2D eigenvalue weighted by Gasteiger charge is -2.46. The third kappa shape index (κ3) is 5.80. The van der Waals surface area contributed by atoms with E-state index in [0.29, 0.717) is 13.0 Å². The van der Waals surface area contributed by atoms with E-state index in [1.54, 1.807) is 0 Å². The zero-order valence-corrected chi connectivity index (χ0v) is 15.2. The second-order valence-corrected chi connectivity index (χ2v) is 8.11. The lowest BCUT2D eigenvalue weighted by atomic mass is 9.80. The average Bonchev–Trinajstić information content (AvgIpc) is 2.44. The molecular weight excluding hydrogens is 302 g/mol. The number of piperidine rings is 1. The first-order chi connectivity index (χ1) is 11.2. The molecule has 2 amide bonds. The summed E-state index contributed by atoms with van der Waals surface area (Å²) in [6.07, 6.45) is 1.75. The van der Waals surface area contributed by atoms with Crippen LogP contribution in [-0.2, 0) is 0 Å². The standard InChI is InChI=1S/C19H31N3O2/c1-18(2)12-15(13-19(3,4)22-18)21-17(24)20-11-10-16(23)14-8-6-5-7-9-14/h5-9,15-16,22-23H,10-13H2,1-4H3,(H2,20,21,24). The smallest absolute Gasteiger partial charge is 0.315 e. The van der Waals surface area contributed by atoms with E-state index >= 15 is 0 Å². The molecule has 5 nitrogen and oxygen atoms in total. The average molecular weight is 333 g/mol. The van der Waals surface area contributed by atoms with Crippen molar-refractivity contribution >= 4 is 6.03 Å². The molecule has 1 saturated heterocycles. The molecule has 1 unspecified atom stereocenters. The molecule has 0 aromatic heterocycles. The van der Waals surface area contributed by atoms with Crippen LogP contribution in [0.5, 0.6) is 0 Å². The number of rotatable bonds is 5. The molecule has 0 spiro atoms. The highest BCUT2D eigenvalue weighted by Crippen LogP contribution is 2.28. The number of benzene rings is 1. The van der Waals surface area contributed by atoms with Crippen molar-refractivity contribution in [2.75, 3.05) is 6.54 Å². The van der Waals surface area contributed by atoms with Gasteiger partial charge in [-0.3, -0.25) is 0 Å². The number of amides is 2. The number of aliphatic hydroxyl groups excluding tert-OH is 1. The summed E-state index contributed by atoms with van der Waals surface area (Å²) in [6.45, 7) is 9.10. The highest BCUT2D eigenvalue weighted by atomic mass is 16.3. The van der Waals surface area contributed by atoms with E-state index in [0.717, 1.165) is 18.4 Å². The largest absolute Gasteiger partial charge is 0.388 e. The van der Waals surface area contributed by atoms with Crippen LogP contribution < -0.4 is 16.0 Å². The zero-order valence-electron chi connectivity index (χ0n) is 15.2. The molecule has 134 valence electrons. The minimum atomic E-state index is -0.553. The van der Waals surface area contributed by atoms with Gasteiger partial charge >= 0.3 is 6.03 Å². The Bertz CT molecular complexity index is 527. The van der Waals surface area contributed by atoms with E-state index < -0.39 is 6.10 Å². The second-order valence-electron chi connectivity index (χ2n) is 8.11. The van der Waals surface area contributed by atoms with Crippen molar-refractivity contribution in [3.05, 3.63) is 35.9 Å². The fourth-order valence-corrected chi connectivity index (χ4v) is 3.83. The maximum absolute atomic E-state index is 12.1. The van der Waals surface area contributed by atoms with E-state index in [9.17, 15) is 9.90 Å². The quantitative estimate of drug-likeness (QED) is 0.669. The molecule has 24 heavy (non-hydrogen) atoms. The van der Waals surface area contributed by atoms with Gasteiger partial charge in [-0.25, -0.2) is 4.79 Å². The van der Waals surface area contributed by atoms with Gasteiger partial charge in [0.2, 0.25) is 0 Å². The number of hydrogen-bond donors (Lipinski definition) is 4. The topological polar surface area (TPSA) is 73.4 Å². The monoisotopic (exact) mass is 333 g/mol. The molecule has 1 atom stereocenters. The van der Waals surface area contributed by atoms with Gasteiger partial charge in [0.25, 0.3) is 0 Å². The fraction of sp³-hybridized carbons (Fsp3) is 0.632. The van der Waals surface area contributed by atoms with Crippen molar-refractivity contribution in [3.63, 3.8) is 0 Å². The molecule has 0 bridgehead atoms. The molecule has 2 rings (SSSR count). The van der Waals surface area contributed by atoms with Crippen LogP contribution in [-0.4, -0.2) is 34.8 Å². The molecule has 0 saturated carbocycles. The summed E-state index contributed by atoms with van der Waals surface area (Å²) < 4.78 is 0. The van der Waals surface area contributed by atoms with Crippen molar-refractivity contribution in [3.8, 4) is 0 Å². The zero-order chi connectivity index (χ0) is 17.8. The van der Waals surface area contributed by atoms with Gasteiger partial charge in [0.1, 0.15) is 0 Å². The van der Waals surface area contributed by atoms with Crippen LogP contribution in [0.25, 0.3) is 0 Å². The van der Waals surface area contributed by atoms with E-state index in [1.165, 1.54) is 0 Å². The molecule has 1 fully saturated rings. The Balaban J connectivity index is 1.75. The third-order valence-corrected chi connectivity index (χ3v) is 4.41. The Kier molecular flexibility index (Phi) is 5.88. The number of nitrogens with one attached hydrogen (secondary N) is 3. The van der Waals surface area contributed by atoms with Crippen molar-refractivity contribution in [1.82, 2.24) is 16.0 Å². The van der Waals surface area contributed by atoms with Crippen LogP contribution in [0, 0.1) is 0 Å². The summed E-state index contributed by atoms with van der Waals surface area (Å²) in [6, 6.07) is 9.50. The summed E-state index contributed by atoms with van der Waals surface area (Å²) in [5.41, 5.74) is 0.883. The van der Waals surface area contributed by atoms with Crippen LogP contribution in [0.3, 0.4) is 0 Å². The molecule has 1 heterocycles. The van der Waals surface area contributed by atoms with Gasteiger partial charge in [-0.15, -0.1) is 0 Å². The van der Waals surface area contributed by atoms with Gasteiger partial charge in [0.05, 0.1) is 6.10 Å². The third-order valence-electron chi connectivity index (χ3n) is 4.41. The highest BCUT2D eigenvalue weighted by Gasteiger charge is 2.38. The van der Waals surface area contributed by atoms with E-state index in [1.807, 2.05) is 30.3 Å². The van der Waals surface area contributed by atoms with Gasteiger partial charge in [0.15, 0.2) is 0 Å². The summed E-state index contributed by atoms with van der Waals surface area (Å²) in [4.78, 5) is 12.1. The summed E-state index contributed by atoms with van der Waals surface area (Å²) in [7, 11) is 0. The second kappa shape index (κ2) is 7.53. The number of carbonyl (C=O) groups excluding carboxylic acids is 1. The predicted molar refractivity (Wildman–Crippen MR) is 96.9 cm³/mol. The van der Waals surface area contributed by atoms with Crippen molar-refractivity contribution in [1.29, 1.82) is 0 Å². The Labute approximate surface area is 145 Å². The Hall–Kier alpha value is -1.59. The first-order valence-corrected chi connectivity index (χ1v) is 8.74. The molecule has 0 radical (unpaired) electrons. The Morgan fingerprint density at radius 2 is 1.79 bits per heavy atom. The predicted octanol–water partition coefficient (Wildman–Crippen LogP) is 2.72. The Morgan fingerprint density at radius 3 is 2.38 bits per heavy atom. The molecular formula is C19H31N3O2. The molecule has 1 aromatic rings. The van der Waals surface area contributed by atoms with Crippen LogP contribution in [0.1, 0.15) is 58.6 Å². The first kappa shape index (κ1) is 18.7. The van der Waals surface area contributed by atoms with Crippen molar-refractivity contribution in [2.24, 2.45) is 0 Å². The van der Waals surface area contributed by atoms with Crippen molar-refractivity contribution < 1.29 is 9.90 Å². The van der Waals surface area contributed by atoms with Gasteiger partial charge in [0, 0.05) is 23.7 Å². The normalized spacial score (nSPS) is 21.0. The number of carbonyl (C=O) groups is 1. The maximum atomic E-state index is 12.1. The van der Waals surface area contributed by atoms with Crippen LogP contribution >= 0.6 is 0 Å². The SMILES string of the molecule is CC1(C)CC(NC(=O)NCCC(O)c2ccccc2)CC(C)(C)N1. The minimum absolute atomic E-state index is 0.00317. The minimum Gasteiger partial charge on any atom is -0.388 e. The van der Waals surface area contributed by atoms with E-state index in [4.69, 9.17) is 0 Å². The van der Waals surface area contributed by atoms with Gasteiger partial charge < -0.3 is 21.1 Å². The highest BCUT2D eigenvalue weighted by molar-refractivity contribution is 5.74. The van der Waals surface area contributed by atoms with Crippen LogP contribution in [0.2, 0.25) is 0 Å². The van der Waals surface area contributed by atoms with Crippen molar-refractivity contribution in [2.45, 2.75) is 70.2 Å². The van der Waals surface area contributed by atoms with Crippen LogP contribution in [0.4, 0.5) is 4.79 Å². The molecule has 4 N–H and O–H groups in total. The molecule has 1 aliphatic rings. The molecule has 1 aromatic carbocycles. The lowest BCUT2D eigenvalue weighted by Crippen LogP contribution is -2.62. The van der Waals surface area contributed by atoms with Gasteiger partial charge in [-0.05, 0) is 52.5 Å². The number of hydrogen-bond acceptors (Lipinski definition) is 3. The van der Waals surface area contributed by atoms with Crippen LogP contribution in [0.15, 0.2) is 30.3 Å². The number of aliphatic hydroxyl groups is 1. The summed E-state index contributed by atoms with van der Waals surface area (Å²) in [5.74, 6) is 0. The first-order valence-electron chi connectivity index (χ1n) is 8.74. The molecule has 1 aliphatic heterocycles. The van der Waals surface area contributed by atoms with Gasteiger partial charge in [-0.2, -0.15) is 0 Å². The maximum Gasteiger partial charge on any atom is 0.315 e. The van der Waals surface area contributed by atoms with E-state index in [-0.39, 0.29) is 23.2 Å². The fourth-order valence-electron chi connectivity index (χ4n) is 3.83. The molecule has 0 aliphatic carbocycles. The van der Waals surface area contributed by atoms with Gasteiger partial charge in [-0.1, -0.05) is 30.3 Å². The van der Waals surface area contributed by atoms with E-state index in [2.05, 4.69) is 43.6 Å². The summed E-state index contributed by atoms with van der Waals surface area (Å²) >= 11 is 0.